The van der Waals surface area contributed by atoms with Gasteiger partial charge >= 0.3 is 11.6 Å². The number of amides is 1. The maximum Gasteiger partial charge on any atom is 0.339 e. The van der Waals surface area contributed by atoms with Crippen LogP contribution in [-0.4, -0.2) is 41.1 Å². The number of hydrogen-bond acceptors (Lipinski definition) is 6. The minimum absolute atomic E-state index is 0.304. The number of hydrogen-bond donors (Lipinski definition) is 2. The van der Waals surface area contributed by atoms with Crippen molar-refractivity contribution in [1.82, 2.24) is 5.32 Å². The molecule has 0 radical (unpaired) electrons. The van der Waals surface area contributed by atoms with Gasteiger partial charge in [-0.2, -0.15) is 11.8 Å². The van der Waals surface area contributed by atoms with E-state index in [4.69, 9.17) is 9.15 Å². The van der Waals surface area contributed by atoms with Gasteiger partial charge in [0.1, 0.15) is 17.4 Å². The van der Waals surface area contributed by atoms with Crippen LogP contribution in [-0.2, 0) is 22.4 Å². The summed E-state index contributed by atoms with van der Waals surface area (Å²) in [7, 11) is 0. The Morgan fingerprint density at radius 3 is 2.63 bits per heavy atom. The molecule has 1 aromatic heterocycles. The summed E-state index contributed by atoms with van der Waals surface area (Å²) in [6, 6.07) is 2.69. The largest absolute Gasteiger partial charge is 0.480 e. The first-order chi connectivity index (χ1) is 14.3. The average molecular weight is 434 g/mol. The second-order valence-electron chi connectivity index (χ2n) is 7.56. The summed E-state index contributed by atoms with van der Waals surface area (Å²) in [6.45, 7) is 3.36. The van der Waals surface area contributed by atoms with E-state index in [1.54, 1.807) is 19.9 Å². The third-order valence-electron chi connectivity index (χ3n) is 5.49. The molecular formula is C22H27NO6S. The maximum absolute atomic E-state index is 12.5. The third kappa shape index (κ3) is 4.64. The summed E-state index contributed by atoms with van der Waals surface area (Å²) in [5.74, 6) is -0.521. The van der Waals surface area contributed by atoms with E-state index in [0.29, 0.717) is 29.1 Å². The molecule has 2 N–H and O–H groups in total. The lowest BCUT2D eigenvalue weighted by Gasteiger charge is -2.21. The molecule has 8 heteroatoms. The van der Waals surface area contributed by atoms with E-state index in [1.807, 2.05) is 12.3 Å². The number of benzene rings is 1. The number of aliphatic carboxylic acids is 1. The molecule has 1 aliphatic rings. The van der Waals surface area contributed by atoms with Crippen molar-refractivity contribution in [2.75, 3.05) is 12.0 Å². The van der Waals surface area contributed by atoms with E-state index < -0.39 is 24.0 Å². The minimum atomic E-state index is -1.07. The molecule has 0 aliphatic heterocycles. The number of nitrogens with one attached hydrogen (secondary N) is 1. The second-order valence-corrected chi connectivity index (χ2v) is 8.55. The van der Waals surface area contributed by atoms with Gasteiger partial charge in [0, 0.05) is 16.5 Å². The lowest BCUT2D eigenvalue weighted by molar-refractivity contribution is -0.142. The first-order valence-electron chi connectivity index (χ1n) is 10.1. The van der Waals surface area contributed by atoms with Gasteiger partial charge in [0.15, 0.2) is 6.10 Å². The van der Waals surface area contributed by atoms with E-state index >= 15 is 0 Å². The first kappa shape index (κ1) is 22.2. The van der Waals surface area contributed by atoms with Crippen molar-refractivity contribution in [2.45, 2.75) is 58.1 Å². The average Bonchev–Trinajstić information content (AvgIpc) is 2.73. The van der Waals surface area contributed by atoms with Crippen LogP contribution in [0.4, 0.5) is 0 Å². The fourth-order valence-electron chi connectivity index (χ4n) is 3.78. The van der Waals surface area contributed by atoms with Crippen LogP contribution in [0, 0.1) is 6.92 Å². The molecular weight excluding hydrogens is 406 g/mol. The molecule has 0 spiro atoms. The van der Waals surface area contributed by atoms with E-state index in [-0.39, 0.29) is 5.63 Å². The van der Waals surface area contributed by atoms with Gasteiger partial charge in [-0.25, -0.2) is 9.59 Å². The highest BCUT2D eigenvalue weighted by molar-refractivity contribution is 7.98. The summed E-state index contributed by atoms with van der Waals surface area (Å²) in [4.78, 5) is 36.2. The number of carbonyl (C=O) groups is 2. The number of aryl methyl sites for hydroxylation is 2. The van der Waals surface area contributed by atoms with Gasteiger partial charge in [0.2, 0.25) is 0 Å². The van der Waals surface area contributed by atoms with Crippen molar-refractivity contribution in [3.05, 3.63) is 39.2 Å². The number of rotatable bonds is 8. The fraction of sp³-hybridized carbons (Fsp3) is 0.500. The van der Waals surface area contributed by atoms with Crippen LogP contribution in [0.25, 0.3) is 11.0 Å². The van der Waals surface area contributed by atoms with E-state index in [9.17, 15) is 19.5 Å². The van der Waals surface area contributed by atoms with Gasteiger partial charge in [-0.1, -0.05) is 0 Å². The SMILES string of the molecule is CSCC[C@H](NC(=O)[C@H](C)Oc1ccc2c3c(c(=O)oc2c1C)CCCC3)C(=O)O. The van der Waals surface area contributed by atoms with Crippen LogP contribution in [0.5, 0.6) is 5.75 Å². The van der Waals surface area contributed by atoms with Crippen molar-refractivity contribution in [2.24, 2.45) is 0 Å². The predicted octanol–water partition coefficient (Wildman–Crippen LogP) is 3.07. The molecule has 1 heterocycles. The lowest BCUT2D eigenvalue weighted by Crippen LogP contribution is -2.46. The summed E-state index contributed by atoms with van der Waals surface area (Å²) < 4.78 is 11.4. The Morgan fingerprint density at radius 1 is 1.27 bits per heavy atom. The highest BCUT2D eigenvalue weighted by Crippen LogP contribution is 2.32. The predicted molar refractivity (Wildman–Crippen MR) is 117 cm³/mol. The van der Waals surface area contributed by atoms with Crippen LogP contribution in [0.3, 0.4) is 0 Å². The molecule has 162 valence electrons. The molecule has 7 nitrogen and oxygen atoms in total. The smallest absolute Gasteiger partial charge is 0.339 e. The highest BCUT2D eigenvalue weighted by Gasteiger charge is 2.25. The van der Waals surface area contributed by atoms with Crippen molar-refractivity contribution in [1.29, 1.82) is 0 Å². The van der Waals surface area contributed by atoms with Crippen molar-refractivity contribution in [3.8, 4) is 5.75 Å². The third-order valence-corrected chi connectivity index (χ3v) is 6.13. The van der Waals surface area contributed by atoms with Gasteiger partial charge in [0.25, 0.3) is 5.91 Å². The molecule has 2 aromatic rings. The van der Waals surface area contributed by atoms with Crippen molar-refractivity contribution in [3.63, 3.8) is 0 Å². The Labute approximate surface area is 179 Å². The fourth-order valence-corrected chi connectivity index (χ4v) is 4.25. The zero-order valence-corrected chi connectivity index (χ0v) is 18.3. The van der Waals surface area contributed by atoms with E-state index in [1.165, 1.54) is 11.8 Å². The molecule has 30 heavy (non-hydrogen) atoms. The molecule has 3 rings (SSSR count). The number of thioether (sulfide) groups is 1. The van der Waals surface area contributed by atoms with Gasteiger partial charge in [-0.15, -0.1) is 0 Å². The Hall–Kier alpha value is -2.48. The second kappa shape index (κ2) is 9.55. The van der Waals surface area contributed by atoms with Crippen LogP contribution >= 0.6 is 11.8 Å². The summed E-state index contributed by atoms with van der Waals surface area (Å²) in [6.07, 6.45) is 4.93. The van der Waals surface area contributed by atoms with Gasteiger partial charge in [-0.05, 0) is 75.7 Å². The molecule has 0 saturated heterocycles. The Bertz CT molecular complexity index is 1010. The number of ether oxygens (including phenoxy) is 1. The molecule has 0 fully saturated rings. The maximum atomic E-state index is 12.5. The minimum Gasteiger partial charge on any atom is -0.480 e. The van der Waals surface area contributed by atoms with Crippen LogP contribution in [0.1, 0.15) is 42.9 Å². The van der Waals surface area contributed by atoms with E-state index in [2.05, 4.69) is 5.32 Å². The van der Waals surface area contributed by atoms with Gasteiger partial charge < -0.3 is 19.6 Å². The molecule has 0 unspecified atom stereocenters. The zero-order valence-electron chi connectivity index (χ0n) is 17.4. The van der Waals surface area contributed by atoms with Crippen molar-refractivity contribution >= 4 is 34.6 Å². The number of fused-ring (bicyclic) bond motifs is 3. The molecule has 0 bridgehead atoms. The molecule has 1 amide bonds. The van der Waals surface area contributed by atoms with Crippen LogP contribution < -0.4 is 15.7 Å². The first-order valence-corrected chi connectivity index (χ1v) is 11.5. The van der Waals surface area contributed by atoms with Crippen LogP contribution in [0.2, 0.25) is 0 Å². The lowest BCUT2D eigenvalue weighted by atomic mass is 9.90. The Balaban J connectivity index is 1.81. The normalized spacial score (nSPS) is 15.3. The van der Waals surface area contributed by atoms with Gasteiger partial charge in [0.05, 0.1) is 0 Å². The standard InChI is InChI=1S/C22H27NO6S/c1-12-18(28-13(2)20(24)23-17(21(25)26)10-11-30-3)9-8-15-14-6-4-5-7-16(14)22(27)29-19(12)15/h8-9,13,17H,4-7,10-11H2,1-3H3,(H,23,24)(H,25,26)/t13-,17-/m0/s1. The topological polar surface area (TPSA) is 106 Å². The zero-order chi connectivity index (χ0) is 21.8. The summed E-state index contributed by atoms with van der Waals surface area (Å²) in [5.41, 5.74) is 2.64. The molecule has 2 atom stereocenters. The molecule has 1 aliphatic carbocycles. The summed E-state index contributed by atoms with van der Waals surface area (Å²) in [5, 5.41) is 12.7. The highest BCUT2D eigenvalue weighted by atomic mass is 32.2. The van der Waals surface area contributed by atoms with Gasteiger partial charge in [-0.3, -0.25) is 4.79 Å². The quantitative estimate of drug-likeness (QED) is 0.616. The molecule has 1 aromatic carbocycles. The number of carboxylic acid groups (broad SMARTS) is 1. The monoisotopic (exact) mass is 433 g/mol. The van der Waals surface area contributed by atoms with E-state index in [0.717, 1.165) is 42.2 Å². The van der Waals surface area contributed by atoms with Crippen LogP contribution in [0.15, 0.2) is 21.3 Å². The Kier molecular flexibility index (Phi) is 7.07. The number of carboxylic acids is 1. The number of carbonyl (C=O) groups excluding carboxylic acids is 1. The molecule has 0 saturated carbocycles. The summed E-state index contributed by atoms with van der Waals surface area (Å²) >= 11 is 1.52. The van der Waals surface area contributed by atoms with Crippen molar-refractivity contribution < 1.29 is 23.8 Å². The Morgan fingerprint density at radius 2 is 1.97 bits per heavy atom.